The number of aryl methyl sites for hydroxylation is 1. The molecule has 0 amide bonds. The Balaban J connectivity index is 2.42. The molecule has 0 aliphatic rings. The van der Waals surface area contributed by atoms with E-state index in [4.69, 9.17) is 28.9 Å². The highest BCUT2D eigenvalue weighted by atomic mass is 35.5. The van der Waals surface area contributed by atoms with Gasteiger partial charge in [-0.1, -0.05) is 23.2 Å². The predicted octanol–water partition coefficient (Wildman–Crippen LogP) is 3.76. The summed E-state index contributed by atoms with van der Waals surface area (Å²) in [6.45, 7) is 1.90. The van der Waals surface area contributed by atoms with E-state index in [0.717, 1.165) is 5.56 Å². The molecule has 7 heteroatoms. The van der Waals surface area contributed by atoms with Crippen LogP contribution < -0.4 is 5.73 Å². The normalized spacial score (nSPS) is 11.2. The van der Waals surface area contributed by atoms with Gasteiger partial charge in [0.05, 0.1) is 15.7 Å². The van der Waals surface area contributed by atoms with E-state index in [2.05, 4.69) is 9.97 Å². The van der Waals surface area contributed by atoms with E-state index in [1.807, 2.05) is 13.0 Å². The van der Waals surface area contributed by atoms with Crippen molar-refractivity contribution in [3.05, 3.63) is 45.8 Å². The van der Waals surface area contributed by atoms with Crippen LogP contribution in [0.5, 0.6) is 0 Å². The molecule has 0 saturated heterocycles. The molecule has 4 nitrogen and oxygen atoms in total. The van der Waals surface area contributed by atoms with E-state index in [9.17, 15) is 4.39 Å². The number of pyridine rings is 1. The minimum absolute atomic E-state index is 0.143. The Morgan fingerprint density at radius 2 is 1.90 bits per heavy atom. The smallest absolute Gasteiger partial charge is 0.207 e. The third kappa shape index (κ3) is 1.90. The first-order chi connectivity index (χ1) is 9.49. The van der Waals surface area contributed by atoms with Crippen LogP contribution >= 0.6 is 23.2 Å². The van der Waals surface area contributed by atoms with Crippen LogP contribution in [-0.2, 0) is 0 Å². The second-order valence-electron chi connectivity index (χ2n) is 4.32. The lowest BCUT2D eigenvalue weighted by Crippen LogP contribution is -2.03. The van der Waals surface area contributed by atoms with E-state index in [1.54, 1.807) is 6.20 Å². The molecule has 2 heterocycles. The number of rotatable bonds is 1. The average molecular weight is 311 g/mol. The Labute approximate surface area is 124 Å². The van der Waals surface area contributed by atoms with Crippen molar-refractivity contribution in [2.24, 2.45) is 0 Å². The summed E-state index contributed by atoms with van der Waals surface area (Å²) in [6, 6.07) is 4.17. The lowest BCUT2D eigenvalue weighted by molar-refractivity contribution is 0.627. The molecule has 1 aromatic carbocycles. The van der Waals surface area contributed by atoms with Gasteiger partial charge in [0.2, 0.25) is 5.95 Å². The van der Waals surface area contributed by atoms with Gasteiger partial charge in [-0.05, 0) is 30.7 Å². The lowest BCUT2D eigenvalue weighted by Gasteiger charge is -2.10. The number of benzene rings is 1. The number of nitrogens with two attached hydrogens (primary N) is 1. The Hall–Kier alpha value is -1.85. The highest BCUT2D eigenvalue weighted by Gasteiger charge is 2.18. The van der Waals surface area contributed by atoms with Crippen LogP contribution in [0.15, 0.2) is 24.4 Å². The fourth-order valence-corrected chi connectivity index (χ4v) is 2.71. The zero-order valence-electron chi connectivity index (χ0n) is 10.4. The zero-order chi connectivity index (χ0) is 14.4. The molecule has 0 aliphatic carbocycles. The molecule has 0 atom stereocenters. The molecule has 2 aromatic heterocycles. The molecule has 0 radical (unpaired) electrons. The molecule has 0 unspecified atom stereocenters. The number of hydrogen-bond donors (Lipinski definition) is 1. The highest BCUT2D eigenvalue weighted by Crippen LogP contribution is 2.34. The van der Waals surface area contributed by atoms with E-state index in [1.165, 1.54) is 16.7 Å². The van der Waals surface area contributed by atoms with Crippen LogP contribution in [0.1, 0.15) is 5.56 Å². The van der Waals surface area contributed by atoms with E-state index < -0.39 is 5.82 Å². The van der Waals surface area contributed by atoms with E-state index in [-0.39, 0.29) is 16.0 Å². The van der Waals surface area contributed by atoms with Gasteiger partial charge in [-0.2, -0.15) is 0 Å². The minimum Gasteiger partial charge on any atom is -0.369 e. The van der Waals surface area contributed by atoms with Gasteiger partial charge >= 0.3 is 0 Å². The Kier molecular flexibility index (Phi) is 3.03. The molecule has 3 rings (SSSR count). The van der Waals surface area contributed by atoms with Crippen molar-refractivity contribution in [1.29, 1.82) is 0 Å². The predicted molar refractivity (Wildman–Crippen MR) is 78.0 cm³/mol. The first kappa shape index (κ1) is 13.1. The van der Waals surface area contributed by atoms with Crippen molar-refractivity contribution in [3.63, 3.8) is 0 Å². The van der Waals surface area contributed by atoms with Crippen LogP contribution in [0.4, 0.5) is 10.3 Å². The van der Waals surface area contributed by atoms with Crippen LogP contribution in [0.25, 0.3) is 16.9 Å². The number of hydrogen-bond acceptors (Lipinski definition) is 3. The summed E-state index contributed by atoms with van der Waals surface area (Å²) in [7, 11) is 0. The Bertz CT molecular complexity index is 806. The molecule has 0 bridgehead atoms. The van der Waals surface area contributed by atoms with Crippen molar-refractivity contribution in [1.82, 2.24) is 14.5 Å². The topological polar surface area (TPSA) is 56.7 Å². The summed E-state index contributed by atoms with van der Waals surface area (Å²) in [6.07, 6.45) is 1.64. The van der Waals surface area contributed by atoms with Crippen molar-refractivity contribution in [3.8, 4) is 5.69 Å². The SMILES string of the molecule is Cc1ccnc2c1nc(N)n2-c1c(Cl)cc(F)cc1Cl. The third-order valence-electron chi connectivity index (χ3n) is 2.98. The summed E-state index contributed by atoms with van der Waals surface area (Å²) in [5.41, 5.74) is 8.40. The van der Waals surface area contributed by atoms with Gasteiger partial charge in [0.1, 0.15) is 11.3 Å². The minimum atomic E-state index is -0.518. The van der Waals surface area contributed by atoms with Crippen molar-refractivity contribution >= 4 is 40.3 Å². The molecule has 0 fully saturated rings. The summed E-state index contributed by atoms with van der Waals surface area (Å²) in [5, 5.41) is 0.286. The third-order valence-corrected chi connectivity index (χ3v) is 3.56. The molecular weight excluding hydrogens is 302 g/mol. The van der Waals surface area contributed by atoms with Gasteiger partial charge in [-0.3, -0.25) is 4.57 Å². The number of imidazole rings is 1. The Morgan fingerprint density at radius 3 is 2.55 bits per heavy atom. The maximum atomic E-state index is 13.3. The summed E-state index contributed by atoms with van der Waals surface area (Å²) >= 11 is 12.2. The van der Waals surface area contributed by atoms with Crippen LogP contribution in [-0.4, -0.2) is 14.5 Å². The maximum Gasteiger partial charge on any atom is 0.207 e. The van der Waals surface area contributed by atoms with Crippen LogP contribution in [0, 0.1) is 12.7 Å². The monoisotopic (exact) mass is 310 g/mol. The second kappa shape index (κ2) is 4.61. The highest BCUT2D eigenvalue weighted by molar-refractivity contribution is 6.38. The molecule has 0 spiro atoms. The van der Waals surface area contributed by atoms with Gasteiger partial charge in [0.25, 0.3) is 0 Å². The first-order valence-corrected chi connectivity index (χ1v) is 6.49. The van der Waals surface area contributed by atoms with E-state index in [0.29, 0.717) is 16.9 Å². The van der Waals surface area contributed by atoms with Crippen LogP contribution in [0.3, 0.4) is 0 Å². The summed E-state index contributed by atoms with van der Waals surface area (Å²) in [4.78, 5) is 8.51. The quantitative estimate of drug-likeness (QED) is 0.744. The molecule has 3 aromatic rings. The fraction of sp³-hybridized carbons (Fsp3) is 0.0769. The fourth-order valence-electron chi connectivity index (χ4n) is 2.08. The zero-order valence-corrected chi connectivity index (χ0v) is 11.9. The summed E-state index contributed by atoms with van der Waals surface area (Å²) < 4.78 is 14.8. The second-order valence-corrected chi connectivity index (χ2v) is 5.14. The number of aromatic nitrogens is 3. The maximum absolute atomic E-state index is 13.3. The molecule has 0 saturated carbocycles. The van der Waals surface area contributed by atoms with Gasteiger partial charge < -0.3 is 5.73 Å². The van der Waals surface area contributed by atoms with Gasteiger partial charge in [0, 0.05) is 6.20 Å². The molecule has 102 valence electrons. The molecular formula is C13H9Cl2FN4. The van der Waals surface area contributed by atoms with Gasteiger partial charge in [-0.15, -0.1) is 0 Å². The van der Waals surface area contributed by atoms with Gasteiger partial charge in [0.15, 0.2) is 5.65 Å². The van der Waals surface area contributed by atoms with Crippen molar-refractivity contribution in [2.75, 3.05) is 5.73 Å². The van der Waals surface area contributed by atoms with E-state index >= 15 is 0 Å². The van der Waals surface area contributed by atoms with Gasteiger partial charge in [-0.25, -0.2) is 14.4 Å². The molecule has 20 heavy (non-hydrogen) atoms. The largest absolute Gasteiger partial charge is 0.369 e. The van der Waals surface area contributed by atoms with Crippen molar-refractivity contribution in [2.45, 2.75) is 6.92 Å². The number of fused-ring (bicyclic) bond motifs is 1. The Morgan fingerprint density at radius 1 is 1.25 bits per heavy atom. The number of nitrogens with zero attached hydrogens (tertiary/aromatic N) is 3. The average Bonchev–Trinajstić information content (AvgIpc) is 2.67. The molecule has 2 N–H and O–H groups in total. The van der Waals surface area contributed by atoms with Crippen LogP contribution in [0.2, 0.25) is 10.0 Å². The lowest BCUT2D eigenvalue weighted by atomic mass is 10.2. The number of anilines is 1. The number of halogens is 3. The summed E-state index contributed by atoms with van der Waals surface area (Å²) in [5.74, 6) is -0.326. The first-order valence-electron chi connectivity index (χ1n) is 5.73. The molecule has 0 aliphatic heterocycles. The standard InChI is InChI=1S/C13H9Cl2FN4/c1-6-2-3-18-12-10(6)19-13(17)20(12)11-8(14)4-7(16)5-9(11)15/h2-5H,1H3,(H2,17,19). The van der Waals surface area contributed by atoms with Crippen molar-refractivity contribution < 1.29 is 4.39 Å². The number of nitrogen functional groups attached to an aromatic ring is 1.